The van der Waals surface area contributed by atoms with Crippen LogP contribution in [0, 0.1) is 5.92 Å². The Morgan fingerprint density at radius 1 is 0.268 bits per heavy atom. The van der Waals surface area contributed by atoms with Crippen LogP contribution in [0.2, 0.25) is 0 Å². The Morgan fingerprint density at radius 2 is 0.465 bits per heavy atom. The molecule has 0 aliphatic carbocycles. The van der Waals surface area contributed by atoms with Crippen molar-refractivity contribution < 1.29 is 28.6 Å². The number of hydrogen-bond acceptors (Lipinski definition) is 6. The van der Waals surface area contributed by atoms with Gasteiger partial charge in [-0.25, -0.2) is 0 Å². The summed E-state index contributed by atoms with van der Waals surface area (Å²) >= 11 is 0. The Labute approximate surface area is 444 Å². The van der Waals surface area contributed by atoms with Crippen molar-refractivity contribution in [1.29, 1.82) is 0 Å². The standard InChI is InChI=1S/C65H126O6/c1-5-7-9-11-13-15-17-19-21-22-23-24-30-34-38-42-46-50-54-58-65(68)71-62(59-69-63(66)56-52-48-44-40-36-32-27-20-18-16-14-12-10-8-6-2)60-70-64(67)57-53-49-45-41-37-33-29-26-25-28-31-35-39-43-47-51-55-61(3)4/h61-62H,5-60H2,1-4H3/t62-/m0/s1. The zero-order valence-corrected chi connectivity index (χ0v) is 48.7. The average molecular weight is 1000 g/mol. The molecule has 0 bridgehead atoms. The summed E-state index contributed by atoms with van der Waals surface area (Å²) < 4.78 is 17.0. The zero-order valence-electron chi connectivity index (χ0n) is 48.7. The minimum absolute atomic E-state index is 0.0610. The summed E-state index contributed by atoms with van der Waals surface area (Å²) in [5.41, 5.74) is 0. The van der Waals surface area contributed by atoms with Crippen molar-refractivity contribution in [2.45, 2.75) is 381 Å². The highest BCUT2D eigenvalue weighted by atomic mass is 16.6. The van der Waals surface area contributed by atoms with Crippen molar-refractivity contribution in [3.63, 3.8) is 0 Å². The van der Waals surface area contributed by atoms with Crippen LogP contribution in [0.25, 0.3) is 0 Å². The summed E-state index contributed by atoms with van der Waals surface area (Å²) in [6.45, 7) is 9.10. The fourth-order valence-electron chi connectivity index (χ4n) is 10.2. The fraction of sp³-hybridized carbons (Fsp3) is 0.954. The van der Waals surface area contributed by atoms with E-state index in [4.69, 9.17) is 14.2 Å². The summed E-state index contributed by atoms with van der Waals surface area (Å²) in [6, 6.07) is 0. The SMILES string of the molecule is CCCCCCCCCCCCCCCCCCCCCC(=O)O[C@@H](COC(=O)CCCCCCCCCCCCCCCCC)COC(=O)CCCCCCCCCCCCCCCCCCC(C)C. The Hall–Kier alpha value is -1.59. The molecule has 6 nitrogen and oxygen atoms in total. The van der Waals surface area contributed by atoms with Gasteiger partial charge in [-0.3, -0.25) is 14.4 Å². The van der Waals surface area contributed by atoms with Crippen LogP contribution in [0.3, 0.4) is 0 Å². The second-order valence-electron chi connectivity index (χ2n) is 22.9. The number of esters is 3. The molecule has 0 amide bonds. The summed E-state index contributed by atoms with van der Waals surface area (Å²) in [6.07, 6.45) is 66.8. The van der Waals surface area contributed by atoms with E-state index in [1.165, 1.54) is 270 Å². The maximum Gasteiger partial charge on any atom is 0.306 e. The molecule has 0 aromatic heterocycles. The van der Waals surface area contributed by atoms with Gasteiger partial charge in [-0.05, 0) is 25.2 Å². The smallest absolute Gasteiger partial charge is 0.306 e. The second-order valence-corrected chi connectivity index (χ2v) is 22.9. The van der Waals surface area contributed by atoms with E-state index in [0.717, 1.165) is 63.7 Å². The fourth-order valence-corrected chi connectivity index (χ4v) is 10.2. The first-order valence-corrected chi connectivity index (χ1v) is 32.4. The number of ether oxygens (including phenoxy) is 3. The van der Waals surface area contributed by atoms with Crippen molar-refractivity contribution >= 4 is 17.9 Å². The quantitative estimate of drug-likeness (QED) is 0.0343. The molecule has 0 N–H and O–H groups in total. The molecule has 0 aliphatic heterocycles. The zero-order chi connectivity index (χ0) is 51.6. The highest BCUT2D eigenvalue weighted by molar-refractivity contribution is 5.71. The van der Waals surface area contributed by atoms with Gasteiger partial charge < -0.3 is 14.2 Å². The first-order chi connectivity index (χ1) is 34.9. The van der Waals surface area contributed by atoms with Gasteiger partial charge >= 0.3 is 17.9 Å². The summed E-state index contributed by atoms with van der Waals surface area (Å²) in [5.74, 6) is 0.0268. The molecule has 0 heterocycles. The third-order valence-corrected chi connectivity index (χ3v) is 15.0. The molecule has 422 valence electrons. The molecular weight excluding hydrogens is 877 g/mol. The Kier molecular flexibility index (Phi) is 58.0. The van der Waals surface area contributed by atoms with E-state index >= 15 is 0 Å². The average Bonchev–Trinajstić information content (AvgIpc) is 3.36. The van der Waals surface area contributed by atoms with E-state index < -0.39 is 6.10 Å². The van der Waals surface area contributed by atoms with Crippen LogP contribution in [0.4, 0.5) is 0 Å². The van der Waals surface area contributed by atoms with E-state index in [1.807, 2.05) is 0 Å². The van der Waals surface area contributed by atoms with Crippen LogP contribution >= 0.6 is 0 Å². The van der Waals surface area contributed by atoms with E-state index in [9.17, 15) is 14.4 Å². The van der Waals surface area contributed by atoms with E-state index in [2.05, 4.69) is 27.7 Å². The van der Waals surface area contributed by atoms with Gasteiger partial charge in [0.2, 0.25) is 0 Å². The number of carbonyl (C=O) groups excluding carboxylic acids is 3. The Morgan fingerprint density at radius 3 is 0.690 bits per heavy atom. The van der Waals surface area contributed by atoms with Gasteiger partial charge in [0.25, 0.3) is 0 Å². The second kappa shape index (κ2) is 59.3. The van der Waals surface area contributed by atoms with Crippen molar-refractivity contribution in [1.82, 2.24) is 0 Å². The molecule has 0 aromatic rings. The maximum atomic E-state index is 12.9. The minimum Gasteiger partial charge on any atom is -0.462 e. The minimum atomic E-state index is -0.763. The van der Waals surface area contributed by atoms with Gasteiger partial charge in [-0.15, -0.1) is 0 Å². The highest BCUT2D eigenvalue weighted by Gasteiger charge is 2.19. The van der Waals surface area contributed by atoms with Crippen LogP contribution in [0.5, 0.6) is 0 Å². The third-order valence-electron chi connectivity index (χ3n) is 15.0. The number of hydrogen-bond donors (Lipinski definition) is 0. The molecule has 0 radical (unpaired) electrons. The van der Waals surface area contributed by atoms with Gasteiger partial charge in [-0.1, -0.05) is 336 Å². The lowest BCUT2D eigenvalue weighted by Crippen LogP contribution is -2.30. The van der Waals surface area contributed by atoms with Gasteiger partial charge in [-0.2, -0.15) is 0 Å². The number of rotatable bonds is 60. The van der Waals surface area contributed by atoms with Crippen molar-refractivity contribution in [3.8, 4) is 0 Å². The van der Waals surface area contributed by atoms with Crippen LogP contribution in [-0.2, 0) is 28.6 Å². The summed E-state index contributed by atoms with van der Waals surface area (Å²) in [7, 11) is 0. The molecule has 0 rings (SSSR count). The normalized spacial score (nSPS) is 12.0. The van der Waals surface area contributed by atoms with Crippen molar-refractivity contribution in [2.75, 3.05) is 13.2 Å². The van der Waals surface area contributed by atoms with Crippen LogP contribution in [0.1, 0.15) is 374 Å². The maximum absolute atomic E-state index is 12.9. The molecule has 0 saturated heterocycles. The molecular formula is C65H126O6. The molecule has 0 spiro atoms. The third kappa shape index (κ3) is 59.2. The van der Waals surface area contributed by atoms with Gasteiger partial charge in [0, 0.05) is 19.3 Å². The predicted octanol–water partition coefficient (Wildman–Crippen LogP) is 21.7. The molecule has 0 fully saturated rings. The molecule has 1 atom stereocenters. The van der Waals surface area contributed by atoms with Crippen LogP contribution in [-0.4, -0.2) is 37.2 Å². The Bertz CT molecular complexity index is 1070. The van der Waals surface area contributed by atoms with E-state index in [1.54, 1.807) is 0 Å². The molecule has 0 aromatic carbocycles. The lowest BCUT2D eigenvalue weighted by atomic mass is 10.0. The molecule has 71 heavy (non-hydrogen) atoms. The molecule has 0 aliphatic rings. The van der Waals surface area contributed by atoms with Gasteiger partial charge in [0.15, 0.2) is 6.10 Å². The lowest BCUT2D eigenvalue weighted by Gasteiger charge is -2.18. The largest absolute Gasteiger partial charge is 0.462 e. The lowest BCUT2D eigenvalue weighted by molar-refractivity contribution is -0.167. The van der Waals surface area contributed by atoms with Gasteiger partial charge in [0.05, 0.1) is 0 Å². The topological polar surface area (TPSA) is 78.9 Å². The predicted molar refractivity (Wildman–Crippen MR) is 307 cm³/mol. The number of carbonyl (C=O) groups is 3. The van der Waals surface area contributed by atoms with Crippen LogP contribution in [0.15, 0.2) is 0 Å². The number of unbranched alkanes of at least 4 members (excludes halogenated alkanes) is 47. The van der Waals surface area contributed by atoms with Crippen molar-refractivity contribution in [2.24, 2.45) is 5.92 Å². The summed E-state index contributed by atoms with van der Waals surface area (Å²) in [4.78, 5) is 38.3. The first-order valence-electron chi connectivity index (χ1n) is 32.4. The van der Waals surface area contributed by atoms with E-state index in [0.29, 0.717) is 19.3 Å². The first kappa shape index (κ1) is 69.4. The Balaban J connectivity index is 4.27. The van der Waals surface area contributed by atoms with E-state index in [-0.39, 0.29) is 31.1 Å². The van der Waals surface area contributed by atoms with Crippen LogP contribution < -0.4 is 0 Å². The molecule has 6 heteroatoms. The monoisotopic (exact) mass is 1000 g/mol. The highest BCUT2D eigenvalue weighted by Crippen LogP contribution is 2.19. The van der Waals surface area contributed by atoms with Gasteiger partial charge in [0.1, 0.15) is 13.2 Å². The summed E-state index contributed by atoms with van der Waals surface area (Å²) in [5, 5.41) is 0. The molecule has 0 unspecified atom stereocenters. The molecule has 0 saturated carbocycles. The van der Waals surface area contributed by atoms with Crippen molar-refractivity contribution in [3.05, 3.63) is 0 Å².